The molecule has 0 N–H and O–H groups in total. The number of rotatable bonds is 4. The zero-order valence-corrected chi connectivity index (χ0v) is 11.7. The summed E-state index contributed by atoms with van der Waals surface area (Å²) in [6, 6.07) is 9.09. The van der Waals surface area contributed by atoms with Gasteiger partial charge in [-0.2, -0.15) is 0 Å². The van der Waals surface area contributed by atoms with E-state index in [-0.39, 0.29) is 0 Å². The van der Waals surface area contributed by atoms with Gasteiger partial charge in [-0.3, -0.25) is 4.90 Å². The monoisotopic (exact) mass is 248 g/mol. The van der Waals surface area contributed by atoms with Crippen molar-refractivity contribution in [1.29, 1.82) is 0 Å². The molecule has 0 aromatic heterocycles. The van der Waals surface area contributed by atoms with E-state index >= 15 is 0 Å². The van der Waals surface area contributed by atoms with E-state index in [0.717, 1.165) is 12.3 Å². The number of hydrogen-bond acceptors (Lipinski definition) is 3. The Hall–Kier alpha value is -1.06. The molecule has 0 spiro atoms. The fraction of sp³-hybridized carbons (Fsp3) is 0.600. The first-order valence-electron chi connectivity index (χ1n) is 6.71. The molecule has 0 amide bonds. The fourth-order valence-electron chi connectivity index (χ4n) is 2.62. The van der Waals surface area contributed by atoms with Gasteiger partial charge < -0.3 is 9.64 Å². The summed E-state index contributed by atoms with van der Waals surface area (Å²) in [5, 5.41) is 0. The number of benzene rings is 1. The van der Waals surface area contributed by atoms with Crippen molar-refractivity contribution in [2.75, 3.05) is 34.3 Å². The molecule has 0 bridgehead atoms. The van der Waals surface area contributed by atoms with Gasteiger partial charge in [0.15, 0.2) is 0 Å². The van der Waals surface area contributed by atoms with Crippen LogP contribution in [0.25, 0.3) is 0 Å². The van der Waals surface area contributed by atoms with Crippen LogP contribution in [0.4, 0.5) is 0 Å². The number of piperidine rings is 1. The van der Waals surface area contributed by atoms with Gasteiger partial charge in [0.05, 0.1) is 7.11 Å². The van der Waals surface area contributed by atoms with E-state index in [1.54, 1.807) is 7.11 Å². The highest BCUT2D eigenvalue weighted by molar-refractivity contribution is 5.28. The molecule has 2 rings (SSSR count). The lowest BCUT2D eigenvalue weighted by Gasteiger charge is -2.35. The molecule has 3 nitrogen and oxygen atoms in total. The summed E-state index contributed by atoms with van der Waals surface area (Å²) in [6.45, 7) is 3.44. The minimum absolute atomic E-state index is 0.715. The molecular weight excluding hydrogens is 224 g/mol. The van der Waals surface area contributed by atoms with Gasteiger partial charge in [-0.05, 0) is 57.7 Å². The van der Waals surface area contributed by atoms with Crippen LogP contribution < -0.4 is 4.74 Å². The lowest BCUT2D eigenvalue weighted by atomic mass is 10.0. The molecule has 0 atom stereocenters. The summed E-state index contributed by atoms with van der Waals surface area (Å²) in [7, 11) is 6.16. The topological polar surface area (TPSA) is 15.7 Å². The van der Waals surface area contributed by atoms with Crippen molar-refractivity contribution >= 4 is 0 Å². The molecule has 18 heavy (non-hydrogen) atoms. The predicted molar refractivity (Wildman–Crippen MR) is 75.0 cm³/mol. The molecular formula is C15H24N2O. The molecule has 100 valence electrons. The maximum atomic E-state index is 5.27. The zero-order valence-electron chi connectivity index (χ0n) is 11.7. The molecule has 0 radical (unpaired) electrons. The van der Waals surface area contributed by atoms with Crippen LogP contribution in [0.2, 0.25) is 0 Å². The molecule has 1 saturated heterocycles. The third kappa shape index (κ3) is 3.47. The van der Waals surface area contributed by atoms with Crippen molar-refractivity contribution in [3.8, 4) is 5.75 Å². The summed E-state index contributed by atoms with van der Waals surface area (Å²) < 4.78 is 5.27. The molecule has 0 saturated carbocycles. The Bertz CT molecular complexity index is 373. The maximum Gasteiger partial charge on any atom is 0.119 e. The Morgan fingerprint density at radius 1 is 1.33 bits per heavy atom. The third-order valence-electron chi connectivity index (χ3n) is 3.88. The Balaban J connectivity index is 1.91. The Morgan fingerprint density at radius 2 is 2.06 bits per heavy atom. The molecule has 0 unspecified atom stereocenters. The van der Waals surface area contributed by atoms with Crippen molar-refractivity contribution in [3.05, 3.63) is 29.8 Å². The maximum absolute atomic E-state index is 5.27. The van der Waals surface area contributed by atoms with Gasteiger partial charge in [0.2, 0.25) is 0 Å². The van der Waals surface area contributed by atoms with Gasteiger partial charge in [-0.25, -0.2) is 0 Å². The van der Waals surface area contributed by atoms with Gasteiger partial charge >= 0.3 is 0 Å². The average Bonchev–Trinajstić information content (AvgIpc) is 2.39. The zero-order chi connectivity index (χ0) is 13.0. The second kappa shape index (κ2) is 6.21. The number of hydrogen-bond donors (Lipinski definition) is 0. The summed E-state index contributed by atoms with van der Waals surface area (Å²) in [5.41, 5.74) is 1.33. The minimum atomic E-state index is 0.715. The summed E-state index contributed by atoms with van der Waals surface area (Å²) in [4.78, 5) is 4.89. The quantitative estimate of drug-likeness (QED) is 0.812. The van der Waals surface area contributed by atoms with Gasteiger partial charge in [-0.1, -0.05) is 12.1 Å². The summed E-state index contributed by atoms with van der Waals surface area (Å²) in [6.07, 6.45) is 2.55. The molecule has 1 aromatic carbocycles. The van der Waals surface area contributed by atoms with E-state index in [4.69, 9.17) is 4.74 Å². The Kier molecular flexibility index (Phi) is 4.61. The highest BCUT2D eigenvalue weighted by atomic mass is 16.5. The van der Waals surface area contributed by atoms with E-state index < -0.39 is 0 Å². The molecule has 1 heterocycles. The van der Waals surface area contributed by atoms with Gasteiger partial charge in [0.1, 0.15) is 5.75 Å². The third-order valence-corrected chi connectivity index (χ3v) is 3.88. The van der Waals surface area contributed by atoms with Crippen LogP contribution in [0.1, 0.15) is 18.4 Å². The first kappa shape index (κ1) is 13.4. The first-order valence-corrected chi connectivity index (χ1v) is 6.71. The number of methoxy groups -OCH3 is 1. The van der Waals surface area contributed by atoms with Crippen LogP contribution in [0.15, 0.2) is 24.3 Å². The standard InChI is InChI=1S/C15H24N2O/c1-16-9-7-14(8-10-16)17(2)12-13-5-4-6-15(11-13)18-3/h4-6,11,14H,7-10,12H2,1-3H3. The van der Waals surface area contributed by atoms with E-state index in [1.165, 1.54) is 31.5 Å². The smallest absolute Gasteiger partial charge is 0.119 e. The van der Waals surface area contributed by atoms with Crippen molar-refractivity contribution in [2.45, 2.75) is 25.4 Å². The van der Waals surface area contributed by atoms with Crippen molar-refractivity contribution < 1.29 is 4.74 Å². The number of nitrogens with zero attached hydrogens (tertiary/aromatic N) is 2. The van der Waals surface area contributed by atoms with Crippen LogP contribution in [-0.4, -0.2) is 50.1 Å². The number of ether oxygens (including phenoxy) is 1. The normalized spacial score (nSPS) is 18.2. The minimum Gasteiger partial charge on any atom is -0.497 e. The van der Waals surface area contributed by atoms with Crippen LogP contribution >= 0.6 is 0 Å². The lowest BCUT2D eigenvalue weighted by Crippen LogP contribution is -2.41. The Morgan fingerprint density at radius 3 is 2.72 bits per heavy atom. The van der Waals surface area contributed by atoms with E-state index in [9.17, 15) is 0 Å². The van der Waals surface area contributed by atoms with Gasteiger partial charge in [0.25, 0.3) is 0 Å². The predicted octanol–water partition coefficient (Wildman–Crippen LogP) is 2.22. The fourth-order valence-corrected chi connectivity index (χ4v) is 2.62. The van der Waals surface area contributed by atoms with E-state index in [1.807, 2.05) is 6.07 Å². The SMILES string of the molecule is COc1cccc(CN(C)C2CCN(C)CC2)c1. The van der Waals surface area contributed by atoms with Crippen molar-refractivity contribution in [1.82, 2.24) is 9.80 Å². The van der Waals surface area contributed by atoms with Gasteiger partial charge in [-0.15, -0.1) is 0 Å². The highest BCUT2D eigenvalue weighted by Crippen LogP contribution is 2.18. The van der Waals surface area contributed by atoms with E-state index in [2.05, 4.69) is 42.1 Å². The van der Waals surface area contributed by atoms with Crippen LogP contribution in [0, 0.1) is 0 Å². The van der Waals surface area contributed by atoms with Crippen LogP contribution in [0.3, 0.4) is 0 Å². The number of likely N-dealkylation sites (tertiary alicyclic amines) is 1. The molecule has 1 aliphatic heterocycles. The highest BCUT2D eigenvalue weighted by Gasteiger charge is 2.20. The van der Waals surface area contributed by atoms with Crippen molar-refractivity contribution in [2.24, 2.45) is 0 Å². The Labute approximate surface area is 110 Å². The molecule has 3 heteroatoms. The summed E-state index contributed by atoms with van der Waals surface area (Å²) >= 11 is 0. The first-order chi connectivity index (χ1) is 8.69. The van der Waals surface area contributed by atoms with Crippen LogP contribution in [0.5, 0.6) is 5.75 Å². The second-order valence-electron chi connectivity index (χ2n) is 5.30. The molecule has 0 aliphatic carbocycles. The lowest BCUT2D eigenvalue weighted by molar-refractivity contribution is 0.139. The van der Waals surface area contributed by atoms with E-state index in [0.29, 0.717) is 6.04 Å². The largest absolute Gasteiger partial charge is 0.497 e. The molecule has 1 aromatic rings. The summed E-state index contributed by atoms with van der Waals surface area (Å²) in [5.74, 6) is 0.948. The van der Waals surface area contributed by atoms with Crippen LogP contribution in [-0.2, 0) is 6.54 Å². The molecule has 1 aliphatic rings. The molecule has 1 fully saturated rings. The second-order valence-corrected chi connectivity index (χ2v) is 5.30. The van der Waals surface area contributed by atoms with Crippen molar-refractivity contribution in [3.63, 3.8) is 0 Å². The average molecular weight is 248 g/mol. The van der Waals surface area contributed by atoms with Gasteiger partial charge in [0, 0.05) is 12.6 Å².